The van der Waals surface area contributed by atoms with Crippen LogP contribution in [-0.2, 0) is 17.8 Å². The minimum atomic E-state index is -0.445. The molecule has 0 saturated carbocycles. The molecule has 0 bridgehead atoms. The van der Waals surface area contributed by atoms with Crippen LogP contribution in [0.15, 0.2) is 18.2 Å². The molecule has 0 unspecified atom stereocenters. The molecule has 0 saturated heterocycles. The van der Waals surface area contributed by atoms with Crippen LogP contribution in [0.5, 0.6) is 0 Å². The highest BCUT2D eigenvalue weighted by Gasteiger charge is 2.18. The fourth-order valence-electron chi connectivity index (χ4n) is 2.21. The third-order valence-corrected chi connectivity index (χ3v) is 5.34. The SMILES string of the molecule is CN1CCc2nc(NC(=O)/C=C/c3ccc([N+](=O)[O-])s3)sc2C1. The zero-order valence-electron chi connectivity index (χ0n) is 12.3. The number of rotatable bonds is 4. The molecule has 0 fully saturated rings. The summed E-state index contributed by atoms with van der Waals surface area (Å²) in [6.45, 7) is 1.83. The number of nitrogens with one attached hydrogen (secondary N) is 1. The van der Waals surface area contributed by atoms with Crippen molar-refractivity contribution in [2.24, 2.45) is 0 Å². The fraction of sp³-hybridized carbons (Fsp3) is 0.286. The lowest BCUT2D eigenvalue weighted by atomic mass is 10.2. The summed E-state index contributed by atoms with van der Waals surface area (Å²) in [7, 11) is 2.06. The second kappa shape index (κ2) is 6.57. The van der Waals surface area contributed by atoms with Gasteiger partial charge in [-0.05, 0) is 19.2 Å². The van der Waals surface area contributed by atoms with E-state index in [0.29, 0.717) is 10.0 Å². The number of nitrogens with zero attached hydrogens (tertiary/aromatic N) is 3. The van der Waals surface area contributed by atoms with Gasteiger partial charge >= 0.3 is 5.00 Å². The number of fused-ring (bicyclic) bond motifs is 1. The Labute approximate surface area is 140 Å². The molecular weight excluding hydrogens is 336 g/mol. The third-order valence-electron chi connectivity index (χ3n) is 3.34. The van der Waals surface area contributed by atoms with Crippen LogP contribution >= 0.6 is 22.7 Å². The molecule has 0 atom stereocenters. The molecule has 0 aromatic carbocycles. The number of amides is 1. The minimum absolute atomic E-state index is 0.0572. The molecule has 7 nitrogen and oxygen atoms in total. The molecule has 3 rings (SSSR count). The van der Waals surface area contributed by atoms with Crippen LogP contribution in [-0.4, -0.2) is 34.3 Å². The van der Waals surface area contributed by atoms with E-state index in [-0.39, 0.29) is 10.9 Å². The van der Waals surface area contributed by atoms with Gasteiger partial charge in [0.2, 0.25) is 5.91 Å². The van der Waals surface area contributed by atoms with Crippen molar-refractivity contribution in [3.8, 4) is 0 Å². The molecule has 0 aliphatic carbocycles. The van der Waals surface area contributed by atoms with Crippen molar-refractivity contribution in [3.05, 3.63) is 43.8 Å². The van der Waals surface area contributed by atoms with Crippen LogP contribution in [0.3, 0.4) is 0 Å². The summed E-state index contributed by atoms with van der Waals surface area (Å²) in [6, 6.07) is 3.04. The quantitative estimate of drug-likeness (QED) is 0.520. The first-order valence-electron chi connectivity index (χ1n) is 6.91. The summed E-state index contributed by atoms with van der Waals surface area (Å²) in [6.07, 6.45) is 3.82. The number of carbonyl (C=O) groups is 1. The maximum Gasteiger partial charge on any atom is 0.324 e. The average molecular weight is 350 g/mol. The van der Waals surface area contributed by atoms with E-state index in [1.807, 2.05) is 0 Å². The number of hydrogen-bond acceptors (Lipinski definition) is 7. The largest absolute Gasteiger partial charge is 0.324 e. The van der Waals surface area contributed by atoms with Crippen molar-refractivity contribution in [2.75, 3.05) is 18.9 Å². The van der Waals surface area contributed by atoms with E-state index in [9.17, 15) is 14.9 Å². The van der Waals surface area contributed by atoms with Crippen LogP contribution in [0.1, 0.15) is 15.4 Å². The standard InChI is InChI=1S/C14H14N4O3S2/c1-17-7-6-10-11(8-17)23-14(15-10)16-12(19)4-2-9-3-5-13(22-9)18(20)21/h2-5H,6-8H2,1H3,(H,15,16,19)/b4-2+. The molecule has 2 aromatic rings. The Balaban J connectivity index is 1.63. The maximum atomic E-state index is 11.9. The number of thiazole rings is 1. The Morgan fingerprint density at radius 1 is 1.48 bits per heavy atom. The van der Waals surface area contributed by atoms with Gasteiger partial charge in [-0.15, -0.1) is 11.3 Å². The smallest absolute Gasteiger partial charge is 0.301 e. The molecule has 1 N–H and O–H groups in total. The van der Waals surface area contributed by atoms with Crippen molar-refractivity contribution >= 4 is 44.8 Å². The van der Waals surface area contributed by atoms with E-state index in [4.69, 9.17) is 0 Å². The fourth-order valence-corrected chi connectivity index (χ4v) is 4.03. The van der Waals surface area contributed by atoms with E-state index in [2.05, 4.69) is 22.2 Å². The van der Waals surface area contributed by atoms with Crippen LogP contribution in [0.4, 0.5) is 10.1 Å². The highest BCUT2D eigenvalue weighted by Crippen LogP contribution is 2.28. The molecule has 1 aliphatic heterocycles. The van der Waals surface area contributed by atoms with Crippen LogP contribution in [0.25, 0.3) is 6.08 Å². The molecule has 0 spiro atoms. The van der Waals surface area contributed by atoms with Gasteiger partial charge in [0.15, 0.2) is 5.13 Å². The molecular formula is C14H14N4O3S2. The molecule has 120 valence electrons. The van der Waals surface area contributed by atoms with Crippen LogP contribution in [0, 0.1) is 10.1 Å². The topological polar surface area (TPSA) is 88.4 Å². The highest BCUT2D eigenvalue weighted by atomic mass is 32.1. The summed E-state index contributed by atoms with van der Waals surface area (Å²) in [5, 5.41) is 14.0. The second-order valence-electron chi connectivity index (χ2n) is 5.13. The predicted molar refractivity (Wildman–Crippen MR) is 90.8 cm³/mol. The van der Waals surface area contributed by atoms with Gasteiger partial charge in [-0.1, -0.05) is 11.3 Å². The lowest BCUT2D eigenvalue weighted by molar-refractivity contribution is -0.380. The van der Waals surface area contributed by atoms with Crippen LogP contribution < -0.4 is 5.32 Å². The summed E-state index contributed by atoms with van der Waals surface area (Å²) >= 11 is 2.52. The van der Waals surface area contributed by atoms with Gasteiger partial charge in [0, 0.05) is 41.4 Å². The Bertz CT molecular complexity index is 781. The normalized spacial score (nSPS) is 14.8. The number of nitro groups is 1. The lowest BCUT2D eigenvalue weighted by Crippen LogP contribution is -2.25. The van der Waals surface area contributed by atoms with E-state index in [1.165, 1.54) is 28.4 Å². The Kier molecular flexibility index (Phi) is 4.51. The number of likely N-dealkylation sites (N-methyl/N-ethyl adjacent to an activating group) is 1. The molecule has 1 amide bonds. The first-order valence-corrected chi connectivity index (χ1v) is 8.55. The van der Waals surface area contributed by atoms with Gasteiger partial charge < -0.3 is 4.90 Å². The molecule has 3 heterocycles. The summed E-state index contributed by atoms with van der Waals surface area (Å²) < 4.78 is 0. The van der Waals surface area contributed by atoms with Crippen molar-refractivity contribution in [1.29, 1.82) is 0 Å². The zero-order chi connectivity index (χ0) is 16.4. The number of thiophene rings is 1. The number of anilines is 1. The molecule has 23 heavy (non-hydrogen) atoms. The van der Waals surface area contributed by atoms with Gasteiger partial charge in [-0.2, -0.15) is 0 Å². The minimum Gasteiger partial charge on any atom is -0.301 e. The van der Waals surface area contributed by atoms with E-state index >= 15 is 0 Å². The number of hydrogen-bond donors (Lipinski definition) is 1. The summed E-state index contributed by atoms with van der Waals surface area (Å²) in [5.74, 6) is -0.291. The number of carbonyl (C=O) groups excluding carboxylic acids is 1. The Hall–Kier alpha value is -2.10. The lowest BCUT2D eigenvalue weighted by Gasteiger charge is -2.20. The Morgan fingerprint density at radius 3 is 3.04 bits per heavy atom. The molecule has 0 radical (unpaired) electrons. The second-order valence-corrected chi connectivity index (χ2v) is 7.31. The van der Waals surface area contributed by atoms with Gasteiger partial charge in [-0.25, -0.2) is 4.98 Å². The maximum absolute atomic E-state index is 11.9. The predicted octanol–water partition coefficient (Wildman–Crippen LogP) is 2.75. The van der Waals surface area contributed by atoms with Gasteiger partial charge in [0.05, 0.1) is 10.6 Å². The Morgan fingerprint density at radius 2 is 2.30 bits per heavy atom. The van der Waals surface area contributed by atoms with Gasteiger partial charge in [0.1, 0.15) is 0 Å². The van der Waals surface area contributed by atoms with Gasteiger partial charge in [-0.3, -0.25) is 20.2 Å². The average Bonchev–Trinajstić information content (AvgIpc) is 3.10. The van der Waals surface area contributed by atoms with Gasteiger partial charge in [0.25, 0.3) is 0 Å². The van der Waals surface area contributed by atoms with Crippen molar-refractivity contribution in [1.82, 2.24) is 9.88 Å². The number of aromatic nitrogens is 1. The molecule has 2 aromatic heterocycles. The zero-order valence-corrected chi connectivity index (χ0v) is 13.9. The summed E-state index contributed by atoms with van der Waals surface area (Å²) in [5.41, 5.74) is 1.06. The highest BCUT2D eigenvalue weighted by molar-refractivity contribution is 7.16. The molecule has 1 aliphatic rings. The van der Waals surface area contributed by atoms with E-state index < -0.39 is 4.92 Å². The monoisotopic (exact) mass is 350 g/mol. The first-order chi connectivity index (χ1) is 11.0. The van der Waals surface area contributed by atoms with E-state index in [1.54, 1.807) is 12.1 Å². The first kappa shape index (κ1) is 15.8. The van der Waals surface area contributed by atoms with Crippen molar-refractivity contribution in [2.45, 2.75) is 13.0 Å². The van der Waals surface area contributed by atoms with E-state index in [0.717, 1.165) is 36.5 Å². The van der Waals surface area contributed by atoms with Crippen molar-refractivity contribution in [3.63, 3.8) is 0 Å². The third kappa shape index (κ3) is 3.81. The van der Waals surface area contributed by atoms with Crippen LogP contribution in [0.2, 0.25) is 0 Å². The molecule has 9 heteroatoms. The van der Waals surface area contributed by atoms with Crippen molar-refractivity contribution < 1.29 is 9.72 Å². The summed E-state index contributed by atoms with van der Waals surface area (Å²) in [4.78, 5) is 30.6.